The van der Waals surface area contributed by atoms with Crippen LogP contribution in [0.2, 0.25) is 0 Å². The Morgan fingerprint density at radius 1 is 1.19 bits per heavy atom. The maximum absolute atomic E-state index is 10.3. The molecule has 0 spiro atoms. The Kier molecular flexibility index (Phi) is 7.82. The number of hydrogen-bond acceptors (Lipinski definition) is 5. The first-order chi connectivity index (χ1) is 7.11. The number of aromatic nitrogens is 1. The van der Waals surface area contributed by atoms with Crippen molar-refractivity contribution in [1.82, 2.24) is 4.98 Å². The van der Waals surface area contributed by atoms with Gasteiger partial charge in [-0.15, -0.1) is 11.3 Å². The van der Waals surface area contributed by atoms with Crippen molar-refractivity contribution in [3.05, 3.63) is 47.4 Å². The molecule has 0 unspecified atom stereocenters. The zero-order chi connectivity index (χ0) is 11.1. The monoisotopic (exact) mass is 265 g/mol. The summed E-state index contributed by atoms with van der Waals surface area (Å²) in [5.41, 5.74) is 1.79. The Bertz CT molecular complexity index is 453. The molecule has 80 valence electrons. The summed E-state index contributed by atoms with van der Waals surface area (Å²) < 4.78 is 30.8. The minimum atomic E-state index is -4.25. The van der Waals surface area contributed by atoms with E-state index in [1.807, 2.05) is 5.38 Å². The van der Waals surface area contributed by atoms with Crippen LogP contribution in [0.15, 0.2) is 52.3 Å². The Labute approximate surface area is 120 Å². The first-order valence-corrected chi connectivity index (χ1v) is 6.29. The predicted molar refractivity (Wildman–Crippen MR) is 56.5 cm³/mol. The number of hydrogen-bond donors (Lipinski definition) is 0. The molecule has 0 aliphatic rings. The SMILES string of the molecule is O=S(=O)([O-])c1ccccc1.[Na+].c1cscn1. The largest absolute Gasteiger partial charge is 1.00 e. The van der Waals surface area contributed by atoms with Crippen molar-refractivity contribution >= 4 is 21.5 Å². The second-order valence-electron chi connectivity index (χ2n) is 2.44. The summed E-state index contributed by atoms with van der Waals surface area (Å²) in [5, 5.41) is 1.93. The molecule has 16 heavy (non-hydrogen) atoms. The van der Waals surface area contributed by atoms with E-state index in [2.05, 4.69) is 4.98 Å². The van der Waals surface area contributed by atoms with Crippen molar-refractivity contribution in [2.75, 3.05) is 0 Å². The van der Waals surface area contributed by atoms with Gasteiger partial charge in [0.2, 0.25) is 0 Å². The summed E-state index contributed by atoms with van der Waals surface area (Å²) in [7, 11) is -4.25. The summed E-state index contributed by atoms with van der Waals surface area (Å²) in [5.74, 6) is 0. The molecule has 1 heterocycles. The van der Waals surface area contributed by atoms with Gasteiger partial charge in [0, 0.05) is 11.6 Å². The zero-order valence-electron chi connectivity index (χ0n) is 8.61. The molecule has 0 saturated carbocycles. The molecular weight excluding hydrogens is 257 g/mol. The van der Waals surface area contributed by atoms with Gasteiger partial charge in [-0.1, -0.05) is 18.2 Å². The van der Waals surface area contributed by atoms with Crippen molar-refractivity contribution in [2.24, 2.45) is 0 Å². The number of thiazole rings is 1. The van der Waals surface area contributed by atoms with Crippen LogP contribution in [0.25, 0.3) is 0 Å². The van der Waals surface area contributed by atoms with Crippen LogP contribution >= 0.6 is 11.3 Å². The van der Waals surface area contributed by atoms with Crippen molar-refractivity contribution in [3.63, 3.8) is 0 Å². The molecule has 7 heteroatoms. The van der Waals surface area contributed by atoms with E-state index in [1.54, 1.807) is 29.1 Å². The van der Waals surface area contributed by atoms with Crippen molar-refractivity contribution in [1.29, 1.82) is 0 Å². The summed E-state index contributed by atoms with van der Waals surface area (Å²) in [6, 6.07) is 7.19. The second kappa shape index (κ2) is 7.94. The van der Waals surface area contributed by atoms with E-state index >= 15 is 0 Å². The molecule has 0 bridgehead atoms. The fourth-order valence-corrected chi connectivity index (χ4v) is 1.60. The van der Waals surface area contributed by atoms with E-state index in [1.165, 1.54) is 24.3 Å². The Morgan fingerprint density at radius 2 is 1.81 bits per heavy atom. The topological polar surface area (TPSA) is 70.1 Å². The van der Waals surface area contributed by atoms with Crippen LogP contribution in [0.5, 0.6) is 0 Å². The van der Waals surface area contributed by atoms with E-state index in [4.69, 9.17) is 0 Å². The summed E-state index contributed by atoms with van der Waals surface area (Å²) >= 11 is 1.60. The number of nitrogens with zero attached hydrogens (tertiary/aromatic N) is 1. The van der Waals surface area contributed by atoms with Gasteiger partial charge < -0.3 is 4.55 Å². The van der Waals surface area contributed by atoms with Gasteiger partial charge in [0.1, 0.15) is 10.1 Å². The van der Waals surface area contributed by atoms with E-state index in [0.717, 1.165) is 0 Å². The quantitative estimate of drug-likeness (QED) is 0.476. The third-order valence-electron chi connectivity index (χ3n) is 1.38. The molecule has 0 aliphatic carbocycles. The second-order valence-corrected chi connectivity index (χ2v) is 4.58. The maximum atomic E-state index is 10.3. The van der Waals surface area contributed by atoms with Gasteiger partial charge in [0.05, 0.1) is 10.4 Å². The van der Waals surface area contributed by atoms with Gasteiger partial charge in [-0.3, -0.25) is 4.98 Å². The Morgan fingerprint density at radius 3 is 2.06 bits per heavy atom. The van der Waals surface area contributed by atoms with E-state index < -0.39 is 10.1 Å². The van der Waals surface area contributed by atoms with Crippen LogP contribution in [-0.2, 0) is 10.1 Å². The van der Waals surface area contributed by atoms with Gasteiger partial charge in [-0.2, -0.15) is 0 Å². The van der Waals surface area contributed by atoms with Gasteiger partial charge in [-0.05, 0) is 12.1 Å². The third-order valence-corrected chi connectivity index (χ3v) is 2.75. The minimum Gasteiger partial charge on any atom is -0.744 e. The first kappa shape index (κ1) is 15.8. The van der Waals surface area contributed by atoms with Crippen LogP contribution in [0.1, 0.15) is 0 Å². The van der Waals surface area contributed by atoms with Gasteiger partial charge >= 0.3 is 29.6 Å². The van der Waals surface area contributed by atoms with Crippen molar-refractivity contribution < 1.29 is 42.5 Å². The Hall–Kier alpha value is -0.240. The smallest absolute Gasteiger partial charge is 0.744 e. The summed E-state index contributed by atoms with van der Waals surface area (Å²) in [4.78, 5) is 3.56. The van der Waals surface area contributed by atoms with Crippen molar-refractivity contribution in [2.45, 2.75) is 4.90 Å². The van der Waals surface area contributed by atoms with Crippen LogP contribution < -0.4 is 29.6 Å². The number of benzene rings is 1. The van der Waals surface area contributed by atoms with Crippen LogP contribution in [0.4, 0.5) is 0 Å². The first-order valence-electron chi connectivity index (χ1n) is 3.94. The van der Waals surface area contributed by atoms with Crippen LogP contribution in [0.3, 0.4) is 0 Å². The van der Waals surface area contributed by atoms with Crippen LogP contribution in [-0.4, -0.2) is 18.0 Å². The normalized spacial score (nSPS) is 9.56. The standard InChI is InChI=1S/C6H6O3S.C3H3NS.Na/c7-10(8,9)6-4-2-1-3-5-6;1-2-5-3-4-1;/h1-5H,(H,7,8,9);1-3H;/q;;+1/p-1. The molecule has 0 N–H and O–H groups in total. The van der Waals surface area contributed by atoms with Crippen LogP contribution in [0, 0.1) is 0 Å². The molecule has 4 nitrogen and oxygen atoms in total. The van der Waals surface area contributed by atoms with E-state index in [0.29, 0.717) is 0 Å². The fraction of sp³-hybridized carbons (Fsp3) is 0. The Balaban J connectivity index is 0.000000318. The molecule has 1 aromatic carbocycles. The molecule has 2 rings (SSSR count). The molecule has 1 aromatic heterocycles. The summed E-state index contributed by atoms with van der Waals surface area (Å²) in [6.07, 6.45) is 1.77. The molecule has 0 amide bonds. The zero-order valence-corrected chi connectivity index (χ0v) is 12.2. The number of rotatable bonds is 1. The predicted octanol–water partition coefficient (Wildman–Crippen LogP) is -1.26. The molecule has 0 fully saturated rings. The third kappa shape index (κ3) is 6.37. The van der Waals surface area contributed by atoms with Gasteiger partial charge in [0.15, 0.2) is 0 Å². The van der Waals surface area contributed by atoms with Crippen molar-refractivity contribution in [3.8, 4) is 0 Å². The molecule has 0 aliphatic heterocycles. The maximum Gasteiger partial charge on any atom is 1.00 e. The fourth-order valence-electron chi connectivity index (χ4n) is 0.763. The molecule has 0 atom stereocenters. The van der Waals surface area contributed by atoms with Gasteiger partial charge in [-0.25, -0.2) is 8.42 Å². The van der Waals surface area contributed by atoms with E-state index in [9.17, 15) is 13.0 Å². The molecule has 2 aromatic rings. The molecule has 0 saturated heterocycles. The average molecular weight is 265 g/mol. The average Bonchev–Trinajstić information content (AvgIpc) is 2.76. The molecular formula is C9H8NNaO3S2. The van der Waals surface area contributed by atoms with Gasteiger partial charge in [0.25, 0.3) is 0 Å². The van der Waals surface area contributed by atoms with E-state index in [-0.39, 0.29) is 34.5 Å². The summed E-state index contributed by atoms with van der Waals surface area (Å²) in [6.45, 7) is 0. The minimum absolute atomic E-state index is 0. The molecule has 0 radical (unpaired) electrons.